The number of rotatable bonds is 5. The number of anilines is 3. The molecule has 2 aromatic rings. The first kappa shape index (κ1) is 14.5. The summed E-state index contributed by atoms with van der Waals surface area (Å²) in [6, 6.07) is 7.41. The van der Waals surface area contributed by atoms with Crippen LogP contribution in [-0.4, -0.2) is 17.1 Å². The summed E-state index contributed by atoms with van der Waals surface area (Å²) in [4.78, 5) is 8.66. The van der Waals surface area contributed by atoms with Crippen molar-refractivity contribution in [3.05, 3.63) is 34.6 Å². The number of methoxy groups -OCH3 is 1. The molecule has 0 unspecified atom stereocenters. The van der Waals surface area contributed by atoms with Crippen LogP contribution in [-0.2, 0) is 6.42 Å². The summed E-state index contributed by atoms with van der Waals surface area (Å²) in [6.45, 7) is 1.99. The number of ether oxygens (including phenoxy) is 1. The lowest BCUT2D eigenvalue weighted by molar-refractivity contribution is 0.415. The molecule has 1 aromatic carbocycles. The number of nitrogens with two attached hydrogens (primary N) is 1. The molecule has 0 aliphatic heterocycles. The Hall–Kier alpha value is -1.86. The van der Waals surface area contributed by atoms with Gasteiger partial charge in [-0.1, -0.05) is 6.92 Å². The van der Waals surface area contributed by atoms with E-state index in [2.05, 4.69) is 36.6 Å². The standard InChI is InChI=1S/C13H16BrN5O/c1-3-11-17-12(7-13(18-11)19-15)16-10-6-8(20-2)4-5-9(10)14/h4-7H,3,15H2,1-2H3,(H2,16,17,18,19). The van der Waals surface area contributed by atoms with E-state index in [4.69, 9.17) is 10.6 Å². The molecule has 0 spiro atoms. The molecule has 7 heteroatoms. The molecular weight excluding hydrogens is 322 g/mol. The average molecular weight is 338 g/mol. The van der Waals surface area contributed by atoms with Crippen molar-refractivity contribution in [2.45, 2.75) is 13.3 Å². The van der Waals surface area contributed by atoms with Crippen LogP contribution in [0.4, 0.5) is 17.3 Å². The summed E-state index contributed by atoms with van der Waals surface area (Å²) in [5.74, 6) is 8.12. The van der Waals surface area contributed by atoms with E-state index in [1.807, 2.05) is 25.1 Å². The molecule has 2 rings (SSSR count). The lowest BCUT2D eigenvalue weighted by Crippen LogP contribution is -2.11. The van der Waals surface area contributed by atoms with Crippen molar-refractivity contribution in [3.8, 4) is 5.75 Å². The van der Waals surface area contributed by atoms with Gasteiger partial charge in [0.1, 0.15) is 23.2 Å². The summed E-state index contributed by atoms with van der Waals surface area (Å²) in [5.41, 5.74) is 3.39. The highest BCUT2D eigenvalue weighted by molar-refractivity contribution is 9.10. The molecule has 0 atom stereocenters. The zero-order valence-corrected chi connectivity index (χ0v) is 12.9. The third-order valence-electron chi connectivity index (χ3n) is 2.67. The van der Waals surface area contributed by atoms with Gasteiger partial charge in [-0.2, -0.15) is 0 Å². The molecule has 1 heterocycles. The summed E-state index contributed by atoms with van der Waals surface area (Å²) in [7, 11) is 1.63. The molecule has 106 valence electrons. The third-order valence-corrected chi connectivity index (χ3v) is 3.36. The number of nitrogens with one attached hydrogen (secondary N) is 2. The average Bonchev–Trinajstić information content (AvgIpc) is 2.49. The van der Waals surface area contributed by atoms with E-state index < -0.39 is 0 Å². The molecule has 0 radical (unpaired) electrons. The van der Waals surface area contributed by atoms with Crippen molar-refractivity contribution in [1.29, 1.82) is 0 Å². The fourth-order valence-electron chi connectivity index (χ4n) is 1.66. The fourth-order valence-corrected chi connectivity index (χ4v) is 2.00. The van der Waals surface area contributed by atoms with Crippen LogP contribution in [0.5, 0.6) is 5.75 Å². The van der Waals surface area contributed by atoms with Crippen molar-refractivity contribution in [2.24, 2.45) is 5.84 Å². The first-order valence-electron chi connectivity index (χ1n) is 6.11. The molecule has 0 saturated heterocycles. The Morgan fingerprint density at radius 3 is 2.65 bits per heavy atom. The molecule has 20 heavy (non-hydrogen) atoms. The molecule has 0 amide bonds. The smallest absolute Gasteiger partial charge is 0.145 e. The molecule has 1 aromatic heterocycles. The van der Waals surface area contributed by atoms with Crippen LogP contribution in [0.15, 0.2) is 28.7 Å². The van der Waals surface area contributed by atoms with Gasteiger partial charge in [-0.05, 0) is 28.1 Å². The van der Waals surface area contributed by atoms with E-state index in [1.54, 1.807) is 13.2 Å². The highest BCUT2D eigenvalue weighted by atomic mass is 79.9. The number of nitrogens with zero attached hydrogens (tertiary/aromatic N) is 2. The minimum absolute atomic E-state index is 0.568. The number of hydrogen-bond acceptors (Lipinski definition) is 6. The maximum atomic E-state index is 5.41. The number of halogens is 1. The zero-order chi connectivity index (χ0) is 14.5. The molecule has 0 saturated carbocycles. The predicted octanol–water partition coefficient (Wildman–Crippen LogP) is 2.84. The topological polar surface area (TPSA) is 85.1 Å². The van der Waals surface area contributed by atoms with Gasteiger partial charge in [0.2, 0.25) is 0 Å². The van der Waals surface area contributed by atoms with Gasteiger partial charge in [0, 0.05) is 23.0 Å². The van der Waals surface area contributed by atoms with Gasteiger partial charge >= 0.3 is 0 Å². The Morgan fingerprint density at radius 1 is 1.25 bits per heavy atom. The Kier molecular flexibility index (Phi) is 4.75. The third kappa shape index (κ3) is 3.37. The quantitative estimate of drug-likeness (QED) is 0.574. The Morgan fingerprint density at radius 2 is 2.00 bits per heavy atom. The number of aromatic nitrogens is 2. The molecule has 4 N–H and O–H groups in total. The number of hydrazine groups is 1. The Bertz CT molecular complexity index is 583. The minimum Gasteiger partial charge on any atom is -0.497 e. The Balaban J connectivity index is 2.33. The lowest BCUT2D eigenvalue weighted by Gasteiger charge is -2.11. The summed E-state index contributed by atoms with van der Waals surface area (Å²) >= 11 is 3.49. The number of benzene rings is 1. The van der Waals surface area contributed by atoms with Crippen molar-refractivity contribution in [1.82, 2.24) is 9.97 Å². The van der Waals surface area contributed by atoms with E-state index in [1.165, 1.54) is 0 Å². The normalized spacial score (nSPS) is 10.2. The van der Waals surface area contributed by atoms with E-state index >= 15 is 0 Å². The van der Waals surface area contributed by atoms with Crippen LogP contribution >= 0.6 is 15.9 Å². The van der Waals surface area contributed by atoms with Crippen molar-refractivity contribution < 1.29 is 4.74 Å². The van der Waals surface area contributed by atoms with Crippen LogP contribution in [0.3, 0.4) is 0 Å². The highest BCUT2D eigenvalue weighted by Gasteiger charge is 2.06. The van der Waals surface area contributed by atoms with Gasteiger partial charge in [-0.3, -0.25) is 0 Å². The van der Waals surface area contributed by atoms with Crippen LogP contribution in [0.25, 0.3) is 0 Å². The van der Waals surface area contributed by atoms with Gasteiger partial charge in [-0.15, -0.1) is 0 Å². The van der Waals surface area contributed by atoms with Crippen LogP contribution in [0.1, 0.15) is 12.7 Å². The molecule has 6 nitrogen and oxygen atoms in total. The van der Waals surface area contributed by atoms with Crippen molar-refractivity contribution in [2.75, 3.05) is 17.9 Å². The van der Waals surface area contributed by atoms with Crippen LogP contribution in [0, 0.1) is 0 Å². The van der Waals surface area contributed by atoms with Crippen molar-refractivity contribution >= 4 is 33.3 Å². The second-order valence-corrected chi connectivity index (χ2v) is 4.88. The largest absolute Gasteiger partial charge is 0.497 e. The van der Waals surface area contributed by atoms with E-state index in [0.717, 1.165) is 22.3 Å². The molecule has 0 aliphatic rings. The van der Waals surface area contributed by atoms with E-state index in [0.29, 0.717) is 17.5 Å². The van der Waals surface area contributed by atoms with Crippen LogP contribution < -0.4 is 21.3 Å². The summed E-state index contributed by atoms with van der Waals surface area (Å²) < 4.78 is 6.13. The number of hydrogen-bond donors (Lipinski definition) is 3. The van der Waals surface area contributed by atoms with Gasteiger partial charge in [-0.25, -0.2) is 15.8 Å². The fraction of sp³-hybridized carbons (Fsp3) is 0.231. The second kappa shape index (κ2) is 6.53. The number of nitrogen functional groups attached to an aromatic ring is 1. The second-order valence-electron chi connectivity index (χ2n) is 4.02. The van der Waals surface area contributed by atoms with Gasteiger partial charge < -0.3 is 15.5 Å². The molecule has 0 fully saturated rings. The minimum atomic E-state index is 0.568. The number of aryl methyl sites for hydroxylation is 1. The SMILES string of the molecule is CCc1nc(NN)cc(Nc2cc(OC)ccc2Br)n1. The monoisotopic (exact) mass is 337 g/mol. The summed E-state index contributed by atoms with van der Waals surface area (Å²) in [5, 5.41) is 3.22. The van der Waals surface area contributed by atoms with Gasteiger partial charge in [0.05, 0.1) is 12.8 Å². The zero-order valence-electron chi connectivity index (χ0n) is 11.3. The Labute approximate surface area is 125 Å². The van der Waals surface area contributed by atoms with Crippen LogP contribution in [0.2, 0.25) is 0 Å². The predicted molar refractivity (Wildman–Crippen MR) is 83.2 cm³/mol. The van der Waals surface area contributed by atoms with E-state index in [-0.39, 0.29) is 0 Å². The maximum Gasteiger partial charge on any atom is 0.145 e. The van der Waals surface area contributed by atoms with Gasteiger partial charge in [0.15, 0.2) is 0 Å². The van der Waals surface area contributed by atoms with E-state index in [9.17, 15) is 0 Å². The first-order valence-corrected chi connectivity index (χ1v) is 6.90. The molecular formula is C13H16BrN5O. The molecule has 0 aliphatic carbocycles. The summed E-state index contributed by atoms with van der Waals surface area (Å²) in [6.07, 6.45) is 0.726. The lowest BCUT2D eigenvalue weighted by atomic mass is 10.3. The highest BCUT2D eigenvalue weighted by Crippen LogP contribution is 2.29. The van der Waals surface area contributed by atoms with Crippen molar-refractivity contribution in [3.63, 3.8) is 0 Å². The first-order chi connectivity index (χ1) is 9.66. The molecule has 0 bridgehead atoms. The maximum absolute atomic E-state index is 5.41. The van der Waals surface area contributed by atoms with Gasteiger partial charge in [0.25, 0.3) is 0 Å².